The molecular formula is C9H17BO2S. The van der Waals surface area contributed by atoms with Crippen LogP contribution >= 0.6 is 0 Å². The van der Waals surface area contributed by atoms with Crippen LogP contribution in [0.2, 0.25) is 5.82 Å². The highest BCUT2D eigenvalue weighted by Gasteiger charge is 2.28. The van der Waals surface area contributed by atoms with Crippen molar-refractivity contribution in [2.75, 3.05) is 12.0 Å². The van der Waals surface area contributed by atoms with Gasteiger partial charge in [0.2, 0.25) is 0 Å². The van der Waals surface area contributed by atoms with Crippen molar-refractivity contribution in [3.63, 3.8) is 0 Å². The Morgan fingerprint density at radius 3 is 2.54 bits per heavy atom. The molecule has 13 heavy (non-hydrogen) atoms. The van der Waals surface area contributed by atoms with Crippen LogP contribution in [-0.2, 0) is 9.84 Å². The Balaban J connectivity index is 2.59. The van der Waals surface area contributed by atoms with Crippen molar-refractivity contribution in [2.45, 2.75) is 32.0 Å². The van der Waals surface area contributed by atoms with Crippen LogP contribution in [0.5, 0.6) is 0 Å². The minimum atomic E-state index is -2.84. The number of hydrogen-bond donors (Lipinski definition) is 0. The lowest BCUT2D eigenvalue weighted by molar-refractivity contribution is 0.280. The second kappa shape index (κ2) is 4.03. The van der Waals surface area contributed by atoms with Crippen LogP contribution in [0.1, 0.15) is 26.2 Å². The number of rotatable bonds is 2. The molecule has 2 radical (unpaired) electrons. The van der Waals surface area contributed by atoms with Gasteiger partial charge in [0.05, 0.1) is 13.6 Å². The van der Waals surface area contributed by atoms with Gasteiger partial charge in [0.15, 0.2) is 0 Å². The summed E-state index contributed by atoms with van der Waals surface area (Å²) in [7, 11) is 3.06. The van der Waals surface area contributed by atoms with Gasteiger partial charge in [-0.05, 0) is 18.3 Å². The van der Waals surface area contributed by atoms with Crippen molar-refractivity contribution < 1.29 is 8.42 Å². The predicted molar refractivity (Wildman–Crippen MR) is 55.7 cm³/mol. The van der Waals surface area contributed by atoms with Gasteiger partial charge in [-0.1, -0.05) is 25.6 Å². The summed E-state index contributed by atoms with van der Waals surface area (Å²) in [5.74, 6) is 1.13. The zero-order valence-electron chi connectivity index (χ0n) is 8.36. The Morgan fingerprint density at radius 2 is 2.00 bits per heavy atom. The zero-order valence-corrected chi connectivity index (χ0v) is 9.18. The fourth-order valence-electron chi connectivity index (χ4n) is 2.12. The highest BCUT2D eigenvalue weighted by atomic mass is 32.2. The molecule has 1 aliphatic rings. The van der Waals surface area contributed by atoms with E-state index < -0.39 is 9.84 Å². The molecule has 0 N–H and O–H groups in total. The van der Waals surface area contributed by atoms with E-state index in [1.54, 1.807) is 0 Å². The quantitative estimate of drug-likeness (QED) is 0.632. The molecule has 0 aromatic heterocycles. The van der Waals surface area contributed by atoms with E-state index >= 15 is 0 Å². The monoisotopic (exact) mass is 200 g/mol. The lowest BCUT2D eigenvalue weighted by atomic mass is 9.65. The molecule has 0 aliphatic heterocycles. The van der Waals surface area contributed by atoms with Gasteiger partial charge in [-0.25, -0.2) is 8.42 Å². The van der Waals surface area contributed by atoms with Gasteiger partial charge in [-0.15, -0.1) is 0 Å². The summed E-state index contributed by atoms with van der Waals surface area (Å²) in [5.41, 5.74) is 0. The summed E-state index contributed by atoms with van der Waals surface area (Å²) in [6.07, 6.45) is 4.44. The fraction of sp³-hybridized carbons (Fsp3) is 1.00. The van der Waals surface area contributed by atoms with E-state index in [0.29, 0.717) is 11.7 Å². The molecular weight excluding hydrogens is 183 g/mol. The van der Waals surface area contributed by atoms with E-state index in [2.05, 4.69) is 6.92 Å². The summed E-state index contributed by atoms with van der Waals surface area (Å²) in [5, 5.41) is 0. The smallest absolute Gasteiger partial charge is 0.147 e. The van der Waals surface area contributed by atoms with E-state index in [9.17, 15) is 8.42 Å². The van der Waals surface area contributed by atoms with Crippen LogP contribution in [-0.4, -0.2) is 28.3 Å². The van der Waals surface area contributed by atoms with Gasteiger partial charge in [0.1, 0.15) is 9.84 Å². The first-order valence-electron chi connectivity index (χ1n) is 4.83. The first-order valence-corrected chi connectivity index (χ1v) is 6.89. The molecule has 0 aromatic rings. The van der Waals surface area contributed by atoms with E-state index in [-0.39, 0.29) is 11.7 Å². The summed E-state index contributed by atoms with van der Waals surface area (Å²) in [6.45, 7) is 2.07. The first-order chi connectivity index (χ1) is 5.90. The summed E-state index contributed by atoms with van der Waals surface area (Å²) >= 11 is 0. The van der Waals surface area contributed by atoms with Gasteiger partial charge in [-0.3, -0.25) is 0 Å². The topological polar surface area (TPSA) is 34.1 Å². The standard InChI is InChI=1S/C9H17BO2S/c1-7-8(6-13(2,11)12)4-3-5-9(7)10/h7-9H,3-6H2,1-2H3. The maximum absolute atomic E-state index is 11.1. The third-order valence-electron chi connectivity index (χ3n) is 3.05. The van der Waals surface area contributed by atoms with Gasteiger partial charge in [0, 0.05) is 6.26 Å². The summed E-state index contributed by atoms with van der Waals surface area (Å²) < 4.78 is 22.2. The van der Waals surface area contributed by atoms with Gasteiger partial charge >= 0.3 is 0 Å². The van der Waals surface area contributed by atoms with E-state index in [0.717, 1.165) is 19.3 Å². The summed E-state index contributed by atoms with van der Waals surface area (Å²) in [6, 6.07) is 0. The largest absolute Gasteiger partial charge is 0.229 e. The second-order valence-electron chi connectivity index (χ2n) is 4.31. The van der Waals surface area contributed by atoms with Crippen LogP contribution in [0.25, 0.3) is 0 Å². The number of hydrogen-bond acceptors (Lipinski definition) is 2. The van der Waals surface area contributed by atoms with Crippen LogP contribution in [0.3, 0.4) is 0 Å². The Morgan fingerprint density at radius 1 is 1.38 bits per heavy atom. The van der Waals surface area contributed by atoms with Crippen molar-refractivity contribution in [1.29, 1.82) is 0 Å². The first kappa shape index (κ1) is 11.1. The van der Waals surface area contributed by atoms with Crippen molar-refractivity contribution >= 4 is 17.7 Å². The molecule has 1 aliphatic carbocycles. The molecule has 1 rings (SSSR count). The van der Waals surface area contributed by atoms with Gasteiger partial charge < -0.3 is 0 Å². The SMILES string of the molecule is [B]C1CCCC(CS(C)(=O)=O)C1C. The second-order valence-corrected chi connectivity index (χ2v) is 6.49. The normalized spacial score (nSPS) is 36.0. The van der Waals surface area contributed by atoms with Crippen LogP contribution in [0.4, 0.5) is 0 Å². The Kier molecular flexibility index (Phi) is 3.44. The molecule has 0 heterocycles. The molecule has 3 atom stereocenters. The molecule has 0 bridgehead atoms. The lowest BCUT2D eigenvalue weighted by Gasteiger charge is -2.33. The van der Waals surface area contributed by atoms with Crippen molar-refractivity contribution in [3.8, 4) is 0 Å². The average Bonchev–Trinajstić information content (AvgIpc) is 1.96. The molecule has 1 saturated carbocycles. The van der Waals surface area contributed by atoms with E-state index in [4.69, 9.17) is 7.85 Å². The molecule has 0 aromatic carbocycles. The Labute approximate surface area is 82.4 Å². The highest BCUT2D eigenvalue weighted by Crippen LogP contribution is 2.37. The molecule has 0 saturated heterocycles. The Bertz CT molecular complexity index is 261. The highest BCUT2D eigenvalue weighted by molar-refractivity contribution is 7.90. The van der Waals surface area contributed by atoms with Crippen molar-refractivity contribution in [1.82, 2.24) is 0 Å². The fourth-order valence-corrected chi connectivity index (χ4v) is 3.36. The molecule has 74 valence electrons. The summed E-state index contributed by atoms with van der Waals surface area (Å²) in [4.78, 5) is 0. The maximum Gasteiger partial charge on any atom is 0.147 e. The van der Waals surface area contributed by atoms with Gasteiger partial charge in [0.25, 0.3) is 0 Å². The van der Waals surface area contributed by atoms with Crippen LogP contribution in [0, 0.1) is 11.8 Å². The van der Waals surface area contributed by atoms with Crippen LogP contribution in [0.15, 0.2) is 0 Å². The molecule has 0 amide bonds. The third-order valence-corrected chi connectivity index (χ3v) is 4.08. The minimum absolute atomic E-state index is 0.195. The van der Waals surface area contributed by atoms with Crippen LogP contribution < -0.4 is 0 Å². The molecule has 1 fully saturated rings. The zero-order chi connectivity index (χ0) is 10.1. The van der Waals surface area contributed by atoms with E-state index in [1.807, 2.05) is 0 Å². The molecule has 2 nitrogen and oxygen atoms in total. The lowest BCUT2D eigenvalue weighted by Crippen LogP contribution is -2.28. The average molecular weight is 200 g/mol. The van der Waals surface area contributed by atoms with Crippen molar-refractivity contribution in [3.05, 3.63) is 0 Å². The van der Waals surface area contributed by atoms with E-state index in [1.165, 1.54) is 6.26 Å². The molecule has 4 heteroatoms. The van der Waals surface area contributed by atoms with Crippen molar-refractivity contribution in [2.24, 2.45) is 11.8 Å². The molecule has 0 spiro atoms. The number of sulfone groups is 1. The third kappa shape index (κ3) is 3.33. The Hall–Kier alpha value is 0.0149. The predicted octanol–water partition coefficient (Wildman–Crippen LogP) is 1.42. The van der Waals surface area contributed by atoms with Gasteiger partial charge in [-0.2, -0.15) is 0 Å². The minimum Gasteiger partial charge on any atom is -0.229 e. The maximum atomic E-state index is 11.1. The molecule has 3 unspecified atom stereocenters.